The summed E-state index contributed by atoms with van der Waals surface area (Å²) in [6, 6.07) is 9.92. The Morgan fingerprint density at radius 2 is 2.16 bits per heavy atom. The molecule has 0 bridgehead atoms. The van der Waals surface area contributed by atoms with Gasteiger partial charge in [-0.3, -0.25) is 4.79 Å². The molecule has 3 N–H and O–H groups in total. The highest BCUT2D eigenvalue weighted by molar-refractivity contribution is 5.98. The van der Waals surface area contributed by atoms with Crippen LogP contribution >= 0.6 is 0 Å². The molecular formula is C19H22FN3O2. The first-order valence-electron chi connectivity index (χ1n) is 8.17. The highest BCUT2D eigenvalue weighted by Gasteiger charge is 2.11. The molecule has 1 aromatic carbocycles. The number of carbonyl (C=O) groups excluding carboxylic acids is 1. The highest BCUT2D eigenvalue weighted by atomic mass is 19.1. The Morgan fingerprint density at radius 3 is 2.92 bits per heavy atom. The van der Waals surface area contributed by atoms with Crippen LogP contribution in [0.2, 0.25) is 0 Å². The Kier molecular flexibility index (Phi) is 6.95. The topological polar surface area (TPSA) is 77.2 Å². The zero-order chi connectivity index (χ0) is 18.1. The number of nitrogens with two attached hydrogens (primary N) is 1. The minimum absolute atomic E-state index is 0.130. The van der Waals surface area contributed by atoms with Gasteiger partial charge in [0.2, 0.25) is 5.95 Å². The predicted octanol–water partition coefficient (Wildman–Crippen LogP) is 3.47. The summed E-state index contributed by atoms with van der Waals surface area (Å²) in [6.45, 7) is 3.00. The van der Waals surface area contributed by atoms with E-state index in [0.717, 1.165) is 30.2 Å². The summed E-state index contributed by atoms with van der Waals surface area (Å²) in [5, 5.41) is 2.74. The highest BCUT2D eigenvalue weighted by Crippen LogP contribution is 2.14. The lowest BCUT2D eigenvalue weighted by Crippen LogP contribution is -2.24. The number of aromatic nitrogens is 1. The summed E-state index contributed by atoms with van der Waals surface area (Å²) >= 11 is 0. The van der Waals surface area contributed by atoms with Crippen LogP contribution in [0.1, 0.15) is 35.7 Å². The Balaban J connectivity index is 1.89. The zero-order valence-corrected chi connectivity index (χ0v) is 14.2. The number of carbonyl (C=O) groups is 1. The second-order valence-electron chi connectivity index (χ2n) is 5.41. The maximum atomic E-state index is 12.9. The number of hydrogen-bond acceptors (Lipinski definition) is 4. The number of pyridine rings is 1. The first-order valence-corrected chi connectivity index (χ1v) is 8.17. The number of benzene rings is 1. The third kappa shape index (κ3) is 5.91. The number of nitrogens with one attached hydrogen (secondary N) is 1. The molecule has 0 saturated carbocycles. The van der Waals surface area contributed by atoms with E-state index in [2.05, 4.69) is 29.4 Å². The second-order valence-corrected chi connectivity index (χ2v) is 5.41. The van der Waals surface area contributed by atoms with Crippen LogP contribution in [0.4, 0.5) is 10.2 Å². The summed E-state index contributed by atoms with van der Waals surface area (Å²) in [7, 11) is 0. The van der Waals surface area contributed by atoms with E-state index in [1.807, 2.05) is 24.3 Å². The molecule has 6 heteroatoms. The van der Waals surface area contributed by atoms with E-state index in [0.29, 0.717) is 13.2 Å². The molecule has 0 spiro atoms. The molecule has 0 unspecified atom stereocenters. The van der Waals surface area contributed by atoms with Crippen LogP contribution in [0.15, 0.2) is 48.6 Å². The fourth-order valence-corrected chi connectivity index (χ4v) is 2.19. The van der Waals surface area contributed by atoms with Crippen LogP contribution in [0.25, 0.3) is 0 Å². The number of anilines is 1. The van der Waals surface area contributed by atoms with E-state index in [4.69, 9.17) is 10.5 Å². The van der Waals surface area contributed by atoms with Crippen molar-refractivity contribution in [3.05, 3.63) is 65.6 Å². The molecule has 0 fully saturated rings. The number of nitrogens with zero attached hydrogens (tertiary/aromatic N) is 1. The number of rotatable bonds is 8. The Morgan fingerprint density at radius 1 is 1.32 bits per heavy atom. The van der Waals surface area contributed by atoms with Crippen molar-refractivity contribution in [2.45, 2.75) is 26.3 Å². The van der Waals surface area contributed by atoms with E-state index in [1.165, 1.54) is 6.07 Å². The number of amides is 1. The molecule has 2 rings (SSSR count). The number of ether oxygens (including phenoxy) is 1. The minimum atomic E-state index is -0.715. The van der Waals surface area contributed by atoms with Crippen molar-refractivity contribution in [1.82, 2.24) is 10.3 Å². The fourth-order valence-electron chi connectivity index (χ4n) is 2.19. The molecule has 1 aromatic heterocycles. The van der Waals surface area contributed by atoms with Crippen LogP contribution < -0.4 is 15.8 Å². The van der Waals surface area contributed by atoms with Gasteiger partial charge in [0.05, 0.1) is 12.2 Å². The lowest BCUT2D eigenvalue weighted by molar-refractivity contribution is 0.0951. The lowest BCUT2D eigenvalue weighted by Gasteiger charge is -2.09. The summed E-state index contributed by atoms with van der Waals surface area (Å²) in [5.41, 5.74) is 6.61. The first-order chi connectivity index (χ1) is 12.1. The average Bonchev–Trinajstić information content (AvgIpc) is 2.60. The van der Waals surface area contributed by atoms with Crippen molar-refractivity contribution >= 4 is 11.7 Å². The van der Waals surface area contributed by atoms with Gasteiger partial charge in [-0.05, 0) is 42.7 Å². The van der Waals surface area contributed by atoms with Crippen LogP contribution in [-0.2, 0) is 6.54 Å². The minimum Gasteiger partial charge on any atom is -0.493 e. The number of halogens is 1. The maximum absolute atomic E-state index is 12.9. The number of nitrogen functional groups attached to an aromatic ring is 1. The van der Waals surface area contributed by atoms with Crippen LogP contribution in [0.3, 0.4) is 0 Å². The van der Waals surface area contributed by atoms with Gasteiger partial charge in [0, 0.05) is 6.54 Å². The van der Waals surface area contributed by atoms with E-state index >= 15 is 0 Å². The Hall–Kier alpha value is -2.89. The van der Waals surface area contributed by atoms with Gasteiger partial charge in [0.25, 0.3) is 5.91 Å². The molecule has 2 aromatic rings. The molecule has 0 radical (unpaired) electrons. The summed E-state index contributed by atoms with van der Waals surface area (Å²) in [5.74, 6) is -0.497. The van der Waals surface area contributed by atoms with Crippen molar-refractivity contribution in [3.8, 4) is 5.75 Å². The molecule has 1 amide bonds. The van der Waals surface area contributed by atoms with Gasteiger partial charge >= 0.3 is 0 Å². The Bertz CT molecular complexity index is 747. The van der Waals surface area contributed by atoms with Crippen LogP contribution in [0.5, 0.6) is 5.75 Å². The van der Waals surface area contributed by atoms with Crippen molar-refractivity contribution in [2.24, 2.45) is 0 Å². The molecule has 25 heavy (non-hydrogen) atoms. The van der Waals surface area contributed by atoms with E-state index in [1.54, 1.807) is 0 Å². The summed E-state index contributed by atoms with van der Waals surface area (Å²) in [4.78, 5) is 15.6. The third-order valence-electron chi connectivity index (χ3n) is 3.44. The van der Waals surface area contributed by atoms with E-state index < -0.39 is 11.9 Å². The van der Waals surface area contributed by atoms with Crippen molar-refractivity contribution < 1.29 is 13.9 Å². The van der Waals surface area contributed by atoms with Gasteiger partial charge in [0.1, 0.15) is 11.6 Å². The fraction of sp³-hybridized carbons (Fsp3) is 0.263. The quantitative estimate of drug-likeness (QED) is 0.437. The van der Waals surface area contributed by atoms with Gasteiger partial charge < -0.3 is 15.8 Å². The number of allylic oxidation sites excluding steroid dienone is 1. The average molecular weight is 343 g/mol. The van der Waals surface area contributed by atoms with Gasteiger partial charge in [-0.1, -0.05) is 31.2 Å². The van der Waals surface area contributed by atoms with Crippen LogP contribution in [-0.4, -0.2) is 17.5 Å². The molecule has 132 valence electrons. The summed E-state index contributed by atoms with van der Waals surface area (Å²) in [6.07, 6.45) is 6.06. The molecule has 0 atom stereocenters. The molecule has 0 saturated heterocycles. The van der Waals surface area contributed by atoms with Crippen LogP contribution in [0, 0.1) is 5.95 Å². The SMILES string of the molecule is CCC=CCCOc1cccc(CNC(=O)c2ccc(F)nc2N)c1. The Labute approximate surface area is 146 Å². The standard InChI is InChI=1S/C19H22FN3O2/c1-2-3-4-5-11-25-15-8-6-7-14(12-15)13-22-19(24)16-9-10-17(20)23-18(16)21/h3-4,6-10,12H,2,5,11,13H2,1H3,(H2,21,23)(H,22,24). The van der Waals surface area contributed by atoms with Gasteiger partial charge in [-0.15, -0.1) is 0 Å². The monoisotopic (exact) mass is 343 g/mol. The van der Waals surface area contributed by atoms with Gasteiger partial charge in [-0.2, -0.15) is 4.39 Å². The largest absolute Gasteiger partial charge is 0.493 e. The van der Waals surface area contributed by atoms with Crippen molar-refractivity contribution in [1.29, 1.82) is 0 Å². The molecule has 0 aliphatic carbocycles. The van der Waals surface area contributed by atoms with Gasteiger partial charge in [0.15, 0.2) is 0 Å². The normalized spacial score (nSPS) is 10.8. The lowest BCUT2D eigenvalue weighted by atomic mass is 10.2. The third-order valence-corrected chi connectivity index (χ3v) is 3.44. The number of hydrogen-bond donors (Lipinski definition) is 2. The predicted molar refractivity (Wildman–Crippen MR) is 95.8 cm³/mol. The molecular weight excluding hydrogens is 321 g/mol. The zero-order valence-electron chi connectivity index (χ0n) is 14.2. The molecule has 1 heterocycles. The molecule has 5 nitrogen and oxygen atoms in total. The van der Waals surface area contributed by atoms with E-state index in [9.17, 15) is 9.18 Å². The van der Waals surface area contributed by atoms with Crippen molar-refractivity contribution in [3.63, 3.8) is 0 Å². The summed E-state index contributed by atoms with van der Waals surface area (Å²) < 4.78 is 18.6. The first kappa shape index (κ1) is 18.4. The molecule has 0 aliphatic heterocycles. The van der Waals surface area contributed by atoms with Crippen molar-refractivity contribution in [2.75, 3.05) is 12.3 Å². The van der Waals surface area contributed by atoms with E-state index in [-0.39, 0.29) is 11.4 Å². The second kappa shape index (κ2) is 9.42. The molecule has 0 aliphatic rings. The smallest absolute Gasteiger partial charge is 0.255 e. The maximum Gasteiger partial charge on any atom is 0.255 e. The van der Waals surface area contributed by atoms with Gasteiger partial charge in [-0.25, -0.2) is 4.98 Å².